The number of hydrogen-bond donors (Lipinski definition) is 0. The number of nitrogens with zero attached hydrogens (tertiary/aromatic N) is 1. The third-order valence-corrected chi connectivity index (χ3v) is 4.11. The highest BCUT2D eigenvalue weighted by atomic mass is 32.2. The summed E-state index contributed by atoms with van der Waals surface area (Å²) in [4.78, 5) is 11.9. The van der Waals surface area contributed by atoms with Crippen LogP contribution in [0.2, 0.25) is 0 Å². The molecule has 17 heavy (non-hydrogen) atoms. The molecule has 0 saturated heterocycles. The van der Waals surface area contributed by atoms with Gasteiger partial charge in [0, 0.05) is 6.26 Å². The van der Waals surface area contributed by atoms with Gasteiger partial charge in [0.1, 0.15) is 11.2 Å². The van der Waals surface area contributed by atoms with Crippen molar-refractivity contribution in [2.75, 3.05) is 6.26 Å². The minimum atomic E-state index is -3.47. The largest absolute Gasteiger partial charge is 0.296 e. The van der Waals surface area contributed by atoms with E-state index in [1.807, 2.05) is 6.07 Å². The topological polar surface area (TPSA) is 75.0 Å². The maximum atomic E-state index is 11.9. The summed E-state index contributed by atoms with van der Waals surface area (Å²) in [6.45, 7) is 1.31. The van der Waals surface area contributed by atoms with Crippen LogP contribution in [0, 0.1) is 11.3 Å². The van der Waals surface area contributed by atoms with Crippen LogP contribution in [0.4, 0.5) is 0 Å². The molecule has 4 nitrogen and oxygen atoms in total. The lowest BCUT2D eigenvalue weighted by atomic mass is 9.95. The van der Waals surface area contributed by atoms with Gasteiger partial charge in [-0.1, -0.05) is 30.3 Å². The minimum Gasteiger partial charge on any atom is -0.296 e. The van der Waals surface area contributed by atoms with Gasteiger partial charge in [-0.3, -0.25) is 4.79 Å². The molecule has 0 saturated carbocycles. The average Bonchev–Trinajstić information content (AvgIpc) is 2.29. The predicted octanol–water partition coefficient (Wildman–Crippen LogP) is 1.30. The second-order valence-electron chi connectivity index (χ2n) is 3.85. The van der Waals surface area contributed by atoms with Crippen molar-refractivity contribution in [3.05, 3.63) is 35.9 Å². The lowest BCUT2D eigenvalue weighted by Gasteiger charge is -2.13. The number of rotatable bonds is 4. The standard InChI is InChI=1S/C12H13NO3S/c1-9(17(2,15)16)12(14)11(8-13)10-6-4-3-5-7-10/h3-7,9,11H,1-2H3. The van der Waals surface area contributed by atoms with Crippen molar-refractivity contribution >= 4 is 15.6 Å². The van der Waals surface area contributed by atoms with E-state index in [0.29, 0.717) is 5.56 Å². The van der Waals surface area contributed by atoms with Crippen LogP contribution in [0.25, 0.3) is 0 Å². The van der Waals surface area contributed by atoms with Crippen molar-refractivity contribution in [3.63, 3.8) is 0 Å². The highest BCUT2D eigenvalue weighted by Crippen LogP contribution is 2.19. The Morgan fingerprint density at radius 1 is 1.29 bits per heavy atom. The summed E-state index contributed by atoms with van der Waals surface area (Å²) in [6.07, 6.45) is 0.995. The van der Waals surface area contributed by atoms with Crippen LogP contribution in [0.5, 0.6) is 0 Å². The number of benzene rings is 1. The van der Waals surface area contributed by atoms with E-state index in [-0.39, 0.29) is 0 Å². The van der Waals surface area contributed by atoms with E-state index >= 15 is 0 Å². The summed E-state index contributed by atoms with van der Waals surface area (Å²) >= 11 is 0. The molecular weight excluding hydrogens is 238 g/mol. The smallest absolute Gasteiger partial charge is 0.172 e. The third kappa shape index (κ3) is 3.14. The van der Waals surface area contributed by atoms with Gasteiger partial charge in [0.15, 0.2) is 15.6 Å². The number of carbonyl (C=O) groups excluding carboxylic acids is 1. The lowest BCUT2D eigenvalue weighted by Crippen LogP contribution is -2.30. The zero-order valence-electron chi connectivity index (χ0n) is 9.62. The second-order valence-corrected chi connectivity index (χ2v) is 6.21. The van der Waals surface area contributed by atoms with E-state index in [2.05, 4.69) is 0 Å². The summed E-state index contributed by atoms with van der Waals surface area (Å²) in [5.74, 6) is -1.61. The van der Waals surface area contributed by atoms with Crippen molar-refractivity contribution in [2.24, 2.45) is 0 Å². The van der Waals surface area contributed by atoms with Crippen molar-refractivity contribution < 1.29 is 13.2 Å². The molecule has 0 N–H and O–H groups in total. The Morgan fingerprint density at radius 3 is 2.24 bits per heavy atom. The van der Waals surface area contributed by atoms with Crippen LogP contribution in [0.3, 0.4) is 0 Å². The Labute approximate surface area is 101 Å². The van der Waals surface area contributed by atoms with E-state index < -0.39 is 26.8 Å². The number of ketones is 1. The average molecular weight is 251 g/mol. The molecule has 2 atom stereocenters. The molecule has 0 aliphatic rings. The molecule has 0 aliphatic heterocycles. The van der Waals surface area contributed by atoms with E-state index in [0.717, 1.165) is 6.26 Å². The molecular formula is C12H13NO3S. The number of carbonyl (C=O) groups is 1. The van der Waals surface area contributed by atoms with E-state index in [4.69, 9.17) is 5.26 Å². The van der Waals surface area contributed by atoms with Crippen LogP contribution in [-0.2, 0) is 14.6 Å². The van der Waals surface area contributed by atoms with E-state index in [1.54, 1.807) is 30.3 Å². The van der Waals surface area contributed by atoms with Crippen LogP contribution in [0.1, 0.15) is 18.4 Å². The summed E-state index contributed by atoms with van der Waals surface area (Å²) in [7, 11) is -3.47. The molecule has 0 spiro atoms. The second kappa shape index (κ2) is 5.11. The van der Waals surface area contributed by atoms with Gasteiger partial charge in [-0.15, -0.1) is 0 Å². The molecule has 0 heterocycles. The van der Waals surface area contributed by atoms with Gasteiger partial charge < -0.3 is 0 Å². The highest BCUT2D eigenvalue weighted by Gasteiger charge is 2.31. The first kappa shape index (κ1) is 13.4. The molecule has 0 bridgehead atoms. The lowest BCUT2D eigenvalue weighted by molar-refractivity contribution is -0.118. The van der Waals surface area contributed by atoms with Crippen molar-refractivity contribution in [1.29, 1.82) is 5.26 Å². The Balaban J connectivity index is 3.07. The molecule has 1 aromatic carbocycles. The maximum absolute atomic E-state index is 11.9. The minimum absolute atomic E-state index is 0.524. The molecule has 5 heteroatoms. The summed E-state index contributed by atoms with van der Waals surface area (Å²) in [6, 6.07) is 10.3. The van der Waals surface area contributed by atoms with Crippen LogP contribution in [-0.4, -0.2) is 25.7 Å². The Morgan fingerprint density at radius 2 is 1.82 bits per heavy atom. The Bertz CT molecular complexity index is 543. The quantitative estimate of drug-likeness (QED) is 0.808. The molecule has 0 aliphatic carbocycles. The number of nitriles is 1. The van der Waals surface area contributed by atoms with E-state index in [1.165, 1.54) is 6.92 Å². The first-order valence-corrected chi connectivity index (χ1v) is 7.00. The fourth-order valence-corrected chi connectivity index (χ4v) is 1.95. The molecule has 1 aromatic rings. The van der Waals surface area contributed by atoms with Crippen molar-refractivity contribution in [3.8, 4) is 6.07 Å². The SMILES string of the molecule is CC(C(=O)C(C#N)c1ccccc1)S(C)(=O)=O. The van der Waals surface area contributed by atoms with Gasteiger partial charge in [-0.25, -0.2) is 8.42 Å². The molecule has 0 fully saturated rings. The number of hydrogen-bond acceptors (Lipinski definition) is 4. The van der Waals surface area contributed by atoms with Gasteiger partial charge in [0.25, 0.3) is 0 Å². The normalized spacial score (nSPS) is 14.6. The molecule has 0 radical (unpaired) electrons. The van der Waals surface area contributed by atoms with Crippen LogP contribution in [0.15, 0.2) is 30.3 Å². The molecule has 90 valence electrons. The van der Waals surface area contributed by atoms with Crippen molar-refractivity contribution in [1.82, 2.24) is 0 Å². The summed E-state index contributed by atoms with van der Waals surface area (Å²) < 4.78 is 22.6. The van der Waals surface area contributed by atoms with Gasteiger partial charge in [-0.2, -0.15) is 5.26 Å². The van der Waals surface area contributed by atoms with Gasteiger partial charge in [-0.05, 0) is 12.5 Å². The van der Waals surface area contributed by atoms with Gasteiger partial charge >= 0.3 is 0 Å². The first-order valence-electron chi connectivity index (χ1n) is 5.05. The van der Waals surface area contributed by atoms with Crippen LogP contribution < -0.4 is 0 Å². The predicted molar refractivity (Wildman–Crippen MR) is 64.1 cm³/mol. The monoisotopic (exact) mass is 251 g/mol. The zero-order chi connectivity index (χ0) is 13.1. The fourth-order valence-electron chi connectivity index (χ4n) is 1.39. The molecule has 1 rings (SSSR count). The zero-order valence-corrected chi connectivity index (χ0v) is 10.4. The first-order chi connectivity index (χ1) is 7.88. The summed E-state index contributed by atoms with van der Waals surface area (Å²) in [5, 5.41) is 7.84. The fraction of sp³-hybridized carbons (Fsp3) is 0.333. The van der Waals surface area contributed by atoms with E-state index in [9.17, 15) is 13.2 Å². The van der Waals surface area contributed by atoms with Crippen molar-refractivity contribution in [2.45, 2.75) is 18.1 Å². The number of sulfone groups is 1. The molecule has 0 aromatic heterocycles. The maximum Gasteiger partial charge on any atom is 0.172 e. The highest BCUT2D eigenvalue weighted by molar-refractivity contribution is 7.92. The summed E-state index contributed by atoms with van der Waals surface area (Å²) in [5.41, 5.74) is 0.524. The number of Topliss-reactive ketones (excluding diaryl/α,β-unsaturated/α-hetero) is 1. The Kier molecular flexibility index (Phi) is 4.02. The van der Waals surface area contributed by atoms with Crippen LogP contribution >= 0.6 is 0 Å². The van der Waals surface area contributed by atoms with Gasteiger partial charge in [0.2, 0.25) is 0 Å². The third-order valence-electron chi connectivity index (χ3n) is 2.59. The van der Waals surface area contributed by atoms with Gasteiger partial charge in [0.05, 0.1) is 6.07 Å². The molecule has 0 amide bonds. The Hall–Kier alpha value is -1.67. The molecule has 2 unspecified atom stereocenters.